The SMILES string of the molecule is Cc1ccc(C(=O)OCC(=O)Nc2ccccc2C(=O)NC(C)c2ccccc2)cc1. The number of amides is 2. The molecule has 6 nitrogen and oxygen atoms in total. The normalized spacial score (nSPS) is 11.3. The number of rotatable bonds is 7. The lowest BCUT2D eigenvalue weighted by Gasteiger charge is -2.16. The number of nitrogens with one attached hydrogen (secondary N) is 2. The van der Waals surface area contributed by atoms with Crippen molar-refractivity contribution in [2.24, 2.45) is 0 Å². The summed E-state index contributed by atoms with van der Waals surface area (Å²) in [4.78, 5) is 37.1. The van der Waals surface area contributed by atoms with E-state index in [1.807, 2.05) is 44.2 Å². The van der Waals surface area contributed by atoms with Crippen LogP contribution in [0.4, 0.5) is 5.69 Å². The van der Waals surface area contributed by atoms with Gasteiger partial charge in [0.2, 0.25) is 0 Å². The molecule has 6 heteroatoms. The van der Waals surface area contributed by atoms with Crippen molar-refractivity contribution in [1.29, 1.82) is 0 Å². The fraction of sp³-hybridized carbons (Fsp3) is 0.160. The number of aryl methyl sites for hydroxylation is 1. The van der Waals surface area contributed by atoms with Crippen LogP contribution in [0, 0.1) is 6.92 Å². The highest BCUT2D eigenvalue weighted by molar-refractivity contribution is 6.04. The van der Waals surface area contributed by atoms with Gasteiger partial charge < -0.3 is 15.4 Å². The third kappa shape index (κ3) is 6.02. The van der Waals surface area contributed by atoms with E-state index in [2.05, 4.69) is 10.6 Å². The van der Waals surface area contributed by atoms with Gasteiger partial charge in [-0.2, -0.15) is 0 Å². The molecule has 0 fully saturated rings. The van der Waals surface area contributed by atoms with E-state index in [0.717, 1.165) is 11.1 Å². The monoisotopic (exact) mass is 416 g/mol. The maximum absolute atomic E-state index is 12.8. The van der Waals surface area contributed by atoms with Crippen LogP contribution in [-0.2, 0) is 9.53 Å². The van der Waals surface area contributed by atoms with Crippen molar-refractivity contribution >= 4 is 23.5 Å². The van der Waals surface area contributed by atoms with Gasteiger partial charge in [0.15, 0.2) is 6.61 Å². The molecule has 0 saturated carbocycles. The van der Waals surface area contributed by atoms with Crippen molar-refractivity contribution in [3.63, 3.8) is 0 Å². The Balaban J connectivity index is 1.60. The fourth-order valence-electron chi connectivity index (χ4n) is 2.98. The molecule has 0 spiro atoms. The molecule has 0 radical (unpaired) electrons. The van der Waals surface area contributed by atoms with Crippen LogP contribution in [0.25, 0.3) is 0 Å². The average Bonchev–Trinajstić information content (AvgIpc) is 2.79. The molecular weight excluding hydrogens is 392 g/mol. The maximum Gasteiger partial charge on any atom is 0.338 e. The lowest BCUT2D eigenvalue weighted by atomic mass is 10.1. The third-order valence-corrected chi connectivity index (χ3v) is 4.71. The zero-order valence-electron chi connectivity index (χ0n) is 17.4. The quantitative estimate of drug-likeness (QED) is 0.563. The summed E-state index contributed by atoms with van der Waals surface area (Å²) in [6.07, 6.45) is 0. The zero-order valence-corrected chi connectivity index (χ0v) is 17.4. The van der Waals surface area contributed by atoms with Crippen molar-refractivity contribution < 1.29 is 19.1 Å². The summed E-state index contributed by atoms with van der Waals surface area (Å²) >= 11 is 0. The van der Waals surface area contributed by atoms with Crippen LogP contribution in [0.5, 0.6) is 0 Å². The molecular formula is C25H24N2O4. The minimum atomic E-state index is -0.585. The van der Waals surface area contributed by atoms with E-state index in [9.17, 15) is 14.4 Å². The smallest absolute Gasteiger partial charge is 0.338 e. The molecule has 3 aromatic carbocycles. The number of carbonyl (C=O) groups excluding carboxylic acids is 3. The van der Waals surface area contributed by atoms with Crippen molar-refractivity contribution in [1.82, 2.24) is 5.32 Å². The van der Waals surface area contributed by atoms with Crippen LogP contribution in [0.2, 0.25) is 0 Å². The van der Waals surface area contributed by atoms with Crippen molar-refractivity contribution in [3.05, 3.63) is 101 Å². The predicted molar refractivity (Wildman–Crippen MR) is 119 cm³/mol. The first-order valence-corrected chi connectivity index (χ1v) is 9.92. The van der Waals surface area contributed by atoms with Crippen LogP contribution < -0.4 is 10.6 Å². The van der Waals surface area contributed by atoms with Gasteiger partial charge in [-0.15, -0.1) is 0 Å². The summed E-state index contributed by atoms with van der Waals surface area (Å²) in [6.45, 7) is 3.35. The first kappa shape index (κ1) is 21.8. The number of carbonyl (C=O) groups is 3. The number of hydrogen-bond acceptors (Lipinski definition) is 4. The lowest BCUT2D eigenvalue weighted by molar-refractivity contribution is -0.119. The topological polar surface area (TPSA) is 84.5 Å². The molecule has 1 unspecified atom stereocenters. The second kappa shape index (κ2) is 10.2. The van der Waals surface area contributed by atoms with Crippen molar-refractivity contribution in [2.45, 2.75) is 19.9 Å². The summed E-state index contributed by atoms with van der Waals surface area (Å²) in [5.74, 6) is -1.43. The molecule has 0 aliphatic carbocycles. The Morgan fingerprint density at radius 1 is 0.871 bits per heavy atom. The van der Waals surface area contributed by atoms with Gasteiger partial charge in [-0.25, -0.2) is 4.79 Å². The molecule has 1 atom stereocenters. The molecule has 31 heavy (non-hydrogen) atoms. The van der Waals surface area contributed by atoms with E-state index >= 15 is 0 Å². The molecule has 2 amide bonds. The Morgan fingerprint density at radius 2 is 1.52 bits per heavy atom. The number of para-hydroxylation sites is 1. The highest BCUT2D eigenvalue weighted by Gasteiger charge is 2.17. The van der Waals surface area contributed by atoms with E-state index < -0.39 is 18.5 Å². The van der Waals surface area contributed by atoms with Gasteiger partial charge in [-0.05, 0) is 43.7 Å². The van der Waals surface area contributed by atoms with Gasteiger partial charge >= 0.3 is 5.97 Å². The second-order valence-corrected chi connectivity index (χ2v) is 7.14. The Bertz CT molecular complexity index is 1060. The standard InChI is InChI=1S/C25H24N2O4/c1-17-12-14-20(15-13-17)25(30)31-16-23(28)27-22-11-7-6-10-21(22)24(29)26-18(2)19-8-4-3-5-9-19/h3-15,18H,16H2,1-2H3,(H,26,29)(H,27,28). The molecule has 3 aromatic rings. The van der Waals surface area contributed by atoms with Crippen molar-refractivity contribution in [2.75, 3.05) is 11.9 Å². The van der Waals surface area contributed by atoms with Crippen LogP contribution in [0.1, 0.15) is 44.8 Å². The first-order valence-electron chi connectivity index (χ1n) is 9.92. The number of benzene rings is 3. The zero-order chi connectivity index (χ0) is 22.2. The second-order valence-electron chi connectivity index (χ2n) is 7.14. The fourth-order valence-corrected chi connectivity index (χ4v) is 2.98. The lowest BCUT2D eigenvalue weighted by Crippen LogP contribution is -2.28. The summed E-state index contributed by atoms with van der Waals surface area (Å²) in [5, 5.41) is 5.57. The Hall–Kier alpha value is -3.93. The predicted octanol–water partition coefficient (Wildman–Crippen LogP) is 4.28. The highest BCUT2D eigenvalue weighted by atomic mass is 16.5. The van der Waals surface area contributed by atoms with E-state index in [-0.39, 0.29) is 11.9 Å². The maximum atomic E-state index is 12.8. The minimum Gasteiger partial charge on any atom is -0.452 e. The van der Waals surface area contributed by atoms with Gasteiger partial charge in [0.1, 0.15) is 0 Å². The number of anilines is 1. The van der Waals surface area contributed by atoms with Crippen LogP contribution >= 0.6 is 0 Å². The third-order valence-electron chi connectivity index (χ3n) is 4.71. The molecule has 0 saturated heterocycles. The average molecular weight is 416 g/mol. The summed E-state index contributed by atoms with van der Waals surface area (Å²) < 4.78 is 5.07. The Labute approximate surface area is 181 Å². The van der Waals surface area contributed by atoms with Gasteiger partial charge in [-0.3, -0.25) is 9.59 Å². The van der Waals surface area contributed by atoms with E-state index in [1.165, 1.54) is 0 Å². The Kier molecular flexibility index (Phi) is 7.17. The molecule has 0 heterocycles. The van der Waals surface area contributed by atoms with Crippen LogP contribution in [0.3, 0.4) is 0 Å². The Morgan fingerprint density at radius 3 is 2.23 bits per heavy atom. The molecule has 0 bridgehead atoms. The number of ether oxygens (including phenoxy) is 1. The summed E-state index contributed by atoms with van der Waals surface area (Å²) in [7, 11) is 0. The van der Waals surface area contributed by atoms with Gasteiger partial charge in [0.25, 0.3) is 11.8 Å². The molecule has 0 aliphatic heterocycles. The van der Waals surface area contributed by atoms with E-state index in [4.69, 9.17) is 4.74 Å². The van der Waals surface area contributed by atoms with E-state index in [0.29, 0.717) is 16.8 Å². The van der Waals surface area contributed by atoms with E-state index in [1.54, 1.807) is 48.5 Å². The largest absolute Gasteiger partial charge is 0.452 e. The van der Waals surface area contributed by atoms with Gasteiger partial charge in [-0.1, -0.05) is 60.2 Å². The van der Waals surface area contributed by atoms with Crippen LogP contribution in [0.15, 0.2) is 78.9 Å². The minimum absolute atomic E-state index is 0.201. The molecule has 2 N–H and O–H groups in total. The summed E-state index contributed by atoms with van der Waals surface area (Å²) in [5.41, 5.74) is 3.03. The molecule has 0 aliphatic rings. The molecule has 0 aromatic heterocycles. The highest BCUT2D eigenvalue weighted by Crippen LogP contribution is 2.18. The van der Waals surface area contributed by atoms with Gasteiger partial charge in [0.05, 0.1) is 22.9 Å². The van der Waals surface area contributed by atoms with Crippen molar-refractivity contribution in [3.8, 4) is 0 Å². The first-order chi connectivity index (χ1) is 14.9. The number of esters is 1. The van der Waals surface area contributed by atoms with Gasteiger partial charge in [0, 0.05) is 0 Å². The summed E-state index contributed by atoms with van der Waals surface area (Å²) in [6, 6.07) is 22.9. The molecule has 3 rings (SSSR count). The molecule has 158 valence electrons. The number of hydrogen-bond donors (Lipinski definition) is 2. The van der Waals surface area contributed by atoms with Crippen LogP contribution in [-0.4, -0.2) is 24.4 Å².